The van der Waals surface area contributed by atoms with Crippen LogP contribution in [-0.4, -0.2) is 17.0 Å². The van der Waals surface area contributed by atoms with Gasteiger partial charge in [-0.1, -0.05) is 90.5 Å². The highest BCUT2D eigenvalue weighted by Gasteiger charge is 2.13. The molecule has 0 aliphatic heterocycles. The molecule has 3 nitrogen and oxygen atoms in total. The molecule has 1 N–H and O–H groups in total. The van der Waals surface area contributed by atoms with Crippen molar-refractivity contribution in [2.45, 2.75) is 6.92 Å². The van der Waals surface area contributed by atoms with Gasteiger partial charge in [0.15, 0.2) is 0 Å². The van der Waals surface area contributed by atoms with Crippen molar-refractivity contribution in [1.82, 2.24) is 0 Å². The molecule has 0 heterocycles. The molecular formula is C29H24N2O. The number of para-hydroxylation sites is 2. The molecule has 0 unspecified atom stereocenters. The van der Waals surface area contributed by atoms with Gasteiger partial charge in [-0.05, 0) is 42.8 Å². The highest BCUT2D eigenvalue weighted by Crippen LogP contribution is 2.31. The Morgan fingerprint density at radius 1 is 0.750 bits per heavy atom. The smallest absolute Gasteiger partial charge is 0.125 e. The summed E-state index contributed by atoms with van der Waals surface area (Å²) < 4.78 is 0. The Morgan fingerprint density at radius 2 is 1.41 bits per heavy atom. The van der Waals surface area contributed by atoms with E-state index in [1.165, 1.54) is 0 Å². The molecule has 0 aliphatic carbocycles. The van der Waals surface area contributed by atoms with E-state index in [-0.39, 0.29) is 5.75 Å². The Morgan fingerprint density at radius 3 is 2.16 bits per heavy atom. The molecule has 0 aromatic heterocycles. The van der Waals surface area contributed by atoms with Crippen LogP contribution < -0.4 is 0 Å². The fourth-order valence-electron chi connectivity index (χ4n) is 3.35. The molecule has 0 atom stereocenters. The summed E-state index contributed by atoms with van der Waals surface area (Å²) in [6.07, 6.45) is 5.70. The minimum Gasteiger partial charge on any atom is -0.507 e. The van der Waals surface area contributed by atoms with Crippen molar-refractivity contribution in [2.24, 2.45) is 9.98 Å². The zero-order valence-electron chi connectivity index (χ0n) is 17.9. The molecule has 0 saturated heterocycles. The minimum atomic E-state index is 0.199. The number of aromatic hydroxyl groups is 1. The van der Waals surface area contributed by atoms with Gasteiger partial charge in [0.05, 0.1) is 17.1 Å². The zero-order chi connectivity index (χ0) is 22.2. The number of phenols is 1. The van der Waals surface area contributed by atoms with Crippen molar-refractivity contribution >= 4 is 29.4 Å². The van der Waals surface area contributed by atoms with E-state index < -0.39 is 0 Å². The highest BCUT2D eigenvalue weighted by atomic mass is 16.3. The Balaban J connectivity index is 1.74. The quantitative estimate of drug-likeness (QED) is 0.330. The molecule has 4 aromatic carbocycles. The van der Waals surface area contributed by atoms with Gasteiger partial charge in [-0.2, -0.15) is 0 Å². The Bertz CT molecular complexity index is 1270. The number of hydrogen-bond acceptors (Lipinski definition) is 3. The normalized spacial score (nSPS) is 12.0. The second kappa shape index (κ2) is 10.2. The summed E-state index contributed by atoms with van der Waals surface area (Å²) in [5.41, 5.74) is 5.98. The fourth-order valence-corrected chi connectivity index (χ4v) is 3.35. The number of aliphatic imine (C=N–C) groups is 2. The first-order valence-corrected chi connectivity index (χ1v) is 10.5. The van der Waals surface area contributed by atoms with Crippen LogP contribution in [0.3, 0.4) is 0 Å². The van der Waals surface area contributed by atoms with E-state index in [9.17, 15) is 5.11 Å². The molecule has 0 spiro atoms. The number of phenolic OH excluding ortho intramolecular Hbond substituents is 1. The summed E-state index contributed by atoms with van der Waals surface area (Å²) in [5.74, 6) is 0.199. The van der Waals surface area contributed by atoms with Gasteiger partial charge < -0.3 is 5.11 Å². The van der Waals surface area contributed by atoms with E-state index in [1.54, 1.807) is 12.3 Å². The molecule has 0 aliphatic rings. The molecule has 0 bridgehead atoms. The average Bonchev–Trinajstić information content (AvgIpc) is 2.84. The molecule has 4 rings (SSSR count). The second-order valence-corrected chi connectivity index (χ2v) is 7.38. The number of nitrogens with zero attached hydrogens (tertiary/aromatic N) is 2. The predicted molar refractivity (Wildman–Crippen MR) is 135 cm³/mol. The molecule has 0 radical (unpaired) electrons. The highest BCUT2D eigenvalue weighted by molar-refractivity contribution is 6.15. The van der Waals surface area contributed by atoms with Crippen LogP contribution in [-0.2, 0) is 0 Å². The van der Waals surface area contributed by atoms with Gasteiger partial charge in [0, 0.05) is 17.3 Å². The number of hydrogen-bond donors (Lipinski definition) is 1. The maximum Gasteiger partial charge on any atom is 0.125 e. The Labute approximate surface area is 188 Å². The van der Waals surface area contributed by atoms with Crippen molar-refractivity contribution in [3.05, 3.63) is 131 Å². The first kappa shape index (κ1) is 21.0. The SMILES string of the molecule is Cc1ccc(O)c(C(=Nc2ccccc2N=CC=Cc2ccccc2)c2ccccc2)c1. The van der Waals surface area contributed by atoms with E-state index in [0.717, 1.165) is 28.1 Å². The van der Waals surface area contributed by atoms with Crippen LogP contribution in [0.2, 0.25) is 0 Å². The molecule has 0 saturated carbocycles. The van der Waals surface area contributed by atoms with Crippen molar-refractivity contribution in [1.29, 1.82) is 0 Å². The molecule has 4 aromatic rings. The maximum atomic E-state index is 10.6. The third kappa shape index (κ3) is 5.27. The summed E-state index contributed by atoms with van der Waals surface area (Å²) in [7, 11) is 0. The first-order valence-electron chi connectivity index (χ1n) is 10.5. The van der Waals surface area contributed by atoms with Crippen LogP contribution in [0.15, 0.2) is 119 Å². The lowest BCUT2D eigenvalue weighted by molar-refractivity contribution is 0.474. The molecule has 156 valence electrons. The van der Waals surface area contributed by atoms with Gasteiger partial charge >= 0.3 is 0 Å². The van der Waals surface area contributed by atoms with Crippen LogP contribution in [0.4, 0.5) is 11.4 Å². The second-order valence-electron chi connectivity index (χ2n) is 7.38. The third-order valence-corrected chi connectivity index (χ3v) is 4.96. The monoisotopic (exact) mass is 416 g/mol. The standard InChI is InChI=1S/C29H24N2O/c1-22-18-19-28(32)25(21-22)29(24-14-6-3-7-15-24)31-27-17-9-8-16-26(27)30-20-10-13-23-11-4-2-5-12-23/h2-21,32H,1H3. The number of rotatable bonds is 6. The molecular weight excluding hydrogens is 392 g/mol. The maximum absolute atomic E-state index is 10.6. The molecule has 0 fully saturated rings. The van der Waals surface area contributed by atoms with E-state index in [1.807, 2.05) is 116 Å². The topological polar surface area (TPSA) is 45.0 Å². The molecule has 0 amide bonds. The van der Waals surface area contributed by atoms with E-state index >= 15 is 0 Å². The lowest BCUT2D eigenvalue weighted by atomic mass is 9.99. The summed E-state index contributed by atoms with van der Waals surface area (Å²) in [6.45, 7) is 2.00. The van der Waals surface area contributed by atoms with Gasteiger partial charge in [-0.15, -0.1) is 0 Å². The van der Waals surface area contributed by atoms with Crippen molar-refractivity contribution < 1.29 is 5.11 Å². The minimum absolute atomic E-state index is 0.199. The predicted octanol–water partition coefficient (Wildman–Crippen LogP) is 7.29. The van der Waals surface area contributed by atoms with Gasteiger partial charge in [-0.25, -0.2) is 4.99 Å². The van der Waals surface area contributed by atoms with E-state index in [0.29, 0.717) is 11.3 Å². The first-order chi connectivity index (χ1) is 15.7. The van der Waals surface area contributed by atoms with Gasteiger partial charge in [-0.3, -0.25) is 4.99 Å². The summed E-state index contributed by atoms with van der Waals surface area (Å²) in [4.78, 5) is 9.58. The summed E-state index contributed by atoms with van der Waals surface area (Å²) in [6, 6.07) is 33.3. The fraction of sp³-hybridized carbons (Fsp3) is 0.0345. The number of benzene rings is 4. The Kier molecular flexibility index (Phi) is 6.69. The zero-order valence-corrected chi connectivity index (χ0v) is 17.9. The van der Waals surface area contributed by atoms with Crippen LogP contribution in [0.25, 0.3) is 6.08 Å². The molecule has 3 heteroatoms. The van der Waals surface area contributed by atoms with Crippen LogP contribution in [0.1, 0.15) is 22.3 Å². The largest absolute Gasteiger partial charge is 0.507 e. The van der Waals surface area contributed by atoms with Crippen molar-refractivity contribution in [3.8, 4) is 5.75 Å². The van der Waals surface area contributed by atoms with Crippen LogP contribution >= 0.6 is 0 Å². The average molecular weight is 417 g/mol. The number of allylic oxidation sites excluding steroid dienone is 1. The Hall–Kier alpha value is -4.24. The third-order valence-electron chi connectivity index (χ3n) is 4.96. The summed E-state index contributed by atoms with van der Waals surface area (Å²) >= 11 is 0. The van der Waals surface area contributed by atoms with Crippen LogP contribution in [0.5, 0.6) is 5.75 Å². The van der Waals surface area contributed by atoms with E-state index in [2.05, 4.69) is 4.99 Å². The number of aryl methyl sites for hydroxylation is 1. The molecule has 32 heavy (non-hydrogen) atoms. The van der Waals surface area contributed by atoms with Crippen molar-refractivity contribution in [3.63, 3.8) is 0 Å². The van der Waals surface area contributed by atoms with Gasteiger partial charge in [0.1, 0.15) is 5.75 Å². The van der Waals surface area contributed by atoms with Gasteiger partial charge in [0.2, 0.25) is 0 Å². The van der Waals surface area contributed by atoms with Gasteiger partial charge in [0.25, 0.3) is 0 Å². The van der Waals surface area contributed by atoms with E-state index in [4.69, 9.17) is 4.99 Å². The lowest BCUT2D eigenvalue weighted by Crippen LogP contribution is -2.04. The lowest BCUT2D eigenvalue weighted by Gasteiger charge is -2.11. The summed E-state index contributed by atoms with van der Waals surface area (Å²) in [5, 5.41) is 10.6. The van der Waals surface area contributed by atoms with Crippen LogP contribution in [0, 0.1) is 6.92 Å². The van der Waals surface area contributed by atoms with Crippen molar-refractivity contribution in [2.75, 3.05) is 0 Å².